The van der Waals surface area contributed by atoms with Crippen molar-refractivity contribution in [2.24, 2.45) is 5.14 Å². The van der Waals surface area contributed by atoms with Gasteiger partial charge in [-0.3, -0.25) is 4.79 Å². The number of aryl methyl sites for hydroxylation is 1. The normalized spacial score (nSPS) is 13.2. The first kappa shape index (κ1) is 20.0. The second-order valence-electron chi connectivity index (χ2n) is 6.94. The number of nitrogens with two attached hydrogens (primary N) is 1. The Morgan fingerprint density at radius 1 is 1.10 bits per heavy atom. The number of nitrogens with zero attached hydrogens (tertiary/aromatic N) is 1. The van der Waals surface area contributed by atoms with Crippen LogP contribution in [0.3, 0.4) is 0 Å². The van der Waals surface area contributed by atoms with Crippen LogP contribution in [0.4, 0.5) is 0 Å². The summed E-state index contributed by atoms with van der Waals surface area (Å²) in [5.74, 6) is 0.803. The van der Waals surface area contributed by atoms with E-state index < -0.39 is 17.1 Å². The number of rotatable bonds is 5. The molecule has 2 unspecified atom stereocenters. The third kappa shape index (κ3) is 3.90. The van der Waals surface area contributed by atoms with Crippen molar-refractivity contribution in [3.8, 4) is 17.1 Å². The van der Waals surface area contributed by atoms with Crippen LogP contribution in [0, 0.1) is 6.92 Å². The van der Waals surface area contributed by atoms with Crippen LogP contribution in [-0.2, 0) is 11.0 Å². The lowest BCUT2D eigenvalue weighted by molar-refractivity contribution is 0.219. The molecule has 6 nitrogen and oxygen atoms in total. The molecule has 2 N–H and O–H groups in total. The molecule has 7 heteroatoms. The minimum Gasteiger partial charge on any atom is -0.483 e. The fourth-order valence-electron chi connectivity index (χ4n) is 3.35. The van der Waals surface area contributed by atoms with Gasteiger partial charge in [-0.25, -0.2) is 14.3 Å². The van der Waals surface area contributed by atoms with Gasteiger partial charge in [0, 0.05) is 23.4 Å². The van der Waals surface area contributed by atoms with E-state index in [4.69, 9.17) is 14.3 Å². The predicted octanol–water partition coefficient (Wildman–Crippen LogP) is 4.28. The molecule has 152 valence electrons. The highest BCUT2D eigenvalue weighted by atomic mass is 32.2. The van der Waals surface area contributed by atoms with Gasteiger partial charge in [0.2, 0.25) is 0 Å². The molecule has 4 rings (SSSR count). The zero-order chi connectivity index (χ0) is 21.3. The first-order valence-electron chi connectivity index (χ1n) is 9.35. The van der Waals surface area contributed by atoms with E-state index in [1.165, 1.54) is 12.3 Å². The SMILES string of the molecule is Cc1cc(C(C)Oc2cccnc2S(N)=O)c2oc(-c3ccccc3)cc(=O)c2c1. The molecule has 0 aliphatic heterocycles. The van der Waals surface area contributed by atoms with E-state index in [1.54, 1.807) is 18.2 Å². The molecule has 2 heterocycles. The van der Waals surface area contributed by atoms with Gasteiger partial charge in [0.25, 0.3) is 0 Å². The molecule has 0 radical (unpaired) electrons. The van der Waals surface area contributed by atoms with Crippen molar-refractivity contribution in [3.05, 3.63) is 88.2 Å². The summed E-state index contributed by atoms with van der Waals surface area (Å²) in [6.45, 7) is 3.74. The topological polar surface area (TPSA) is 95.4 Å². The molecule has 0 saturated heterocycles. The van der Waals surface area contributed by atoms with Gasteiger partial charge in [-0.1, -0.05) is 30.3 Å². The molecule has 2 aromatic heterocycles. The van der Waals surface area contributed by atoms with E-state index in [0.717, 1.165) is 11.1 Å². The van der Waals surface area contributed by atoms with Gasteiger partial charge in [-0.15, -0.1) is 0 Å². The van der Waals surface area contributed by atoms with Crippen LogP contribution in [0.15, 0.2) is 81.1 Å². The smallest absolute Gasteiger partial charge is 0.193 e. The van der Waals surface area contributed by atoms with Gasteiger partial charge in [-0.2, -0.15) is 0 Å². The third-order valence-corrected chi connectivity index (χ3v) is 5.42. The average Bonchev–Trinajstić information content (AvgIpc) is 2.74. The minimum absolute atomic E-state index is 0.127. The Labute approximate surface area is 175 Å². The van der Waals surface area contributed by atoms with E-state index in [2.05, 4.69) is 4.98 Å². The summed E-state index contributed by atoms with van der Waals surface area (Å²) in [5.41, 5.74) is 2.75. The summed E-state index contributed by atoms with van der Waals surface area (Å²) < 4.78 is 24.0. The van der Waals surface area contributed by atoms with Crippen LogP contribution in [-0.4, -0.2) is 9.19 Å². The van der Waals surface area contributed by atoms with Crippen LogP contribution < -0.4 is 15.3 Å². The lowest BCUT2D eigenvalue weighted by Gasteiger charge is -2.18. The molecule has 4 aromatic rings. The number of aromatic nitrogens is 1. The van der Waals surface area contributed by atoms with Crippen molar-refractivity contribution >= 4 is 22.0 Å². The first-order chi connectivity index (χ1) is 14.4. The largest absolute Gasteiger partial charge is 0.483 e. The number of hydrogen-bond donors (Lipinski definition) is 1. The average molecular weight is 420 g/mol. The van der Waals surface area contributed by atoms with Crippen LogP contribution in [0.5, 0.6) is 5.75 Å². The van der Waals surface area contributed by atoms with Gasteiger partial charge in [-0.05, 0) is 43.7 Å². The van der Waals surface area contributed by atoms with Crippen LogP contribution in [0.1, 0.15) is 24.2 Å². The fraction of sp³-hybridized carbons (Fsp3) is 0.130. The van der Waals surface area contributed by atoms with Crippen molar-refractivity contribution in [1.29, 1.82) is 0 Å². The van der Waals surface area contributed by atoms with Gasteiger partial charge < -0.3 is 9.15 Å². The molecular formula is C23H20N2O4S. The molecular weight excluding hydrogens is 400 g/mol. The summed E-state index contributed by atoms with van der Waals surface area (Å²) in [7, 11) is -1.79. The molecule has 0 bridgehead atoms. The summed E-state index contributed by atoms with van der Waals surface area (Å²) in [5, 5.41) is 6.16. The Morgan fingerprint density at radius 3 is 2.60 bits per heavy atom. The number of benzene rings is 2. The standard InChI is InChI=1S/C23H20N2O4S/c1-14-11-17(15(2)28-20-9-6-10-25-23(20)30(24)27)22-18(12-14)19(26)13-21(29-22)16-7-4-3-5-8-16/h3-13,15H,24H2,1-2H3. The Kier molecular flexibility index (Phi) is 5.48. The van der Waals surface area contributed by atoms with Gasteiger partial charge in [0.05, 0.1) is 5.39 Å². The van der Waals surface area contributed by atoms with Gasteiger partial charge in [0.15, 0.2) is 16.2 Å². The maximum atomic E-state index is 12.8. The molecule has 30 heavy (non-hydrogen) atoms. The first-order valence-corrected chi connectivity index (χ1v) is 10.6. The van der Waals surface area contributed by atoms with E-state index in [1.807, 2.05) is 50.2 Å². The maximum absolute atomic E-state index is 12.8. The lowest BCUT2D eigenvalue weighted by atomic mass is 10.0. The van der Waals surface area contributed by atoms with Crippen molar-refractivity contribution in [3.63, 3.8) is 0 Å². The third-order valence-electron chi connectivity index (χ3n) is 4.73. The van der Waals surface area contributed by atoms with Gasteiger partial charge in [0.1, 0.15) is 28.4 Å². The Bertz CT molecular complexity index is 1300. The predicted molar refractivity (Wildman–Crippen MR) is 117 cm³/mol. The van der Waals surface area contributed by atoms with Crippen LogP contribution >= 0.6 is 0 Å². The molecule has 2 atom stereocenters. The van der Waals surface area contributed by atoms with E-state index in [0.29, 0.717) is 28.0 Å². The van der Waals surface area contributed by atoms with E-state index >= 15 is 0 Å². The molecule has 0 fully saturated rings. The van der Waals surface area contributed by atoms with Crippen molar-refractivity contribution in [2.75, 3.05) is 0 Å². The lowest BCUT2D eigenvalue weighted by Crippen LogP contribution is -2.12. The van der Waals surface area contributed by atoms with E-state index in [-0.39, 0.29) is 10.5 Å². The zero-order valence-electron chi connectivity index (χ0n) is 16.5. The van der Waals surface area contributed by atoms with Crippen molar-refractivity contribution in [2.45, 2.75) is 25.0 Å². The number of fused-ring (bicyclic) bond motifs is 1. The zero-order valence-corrected chi connectivity index (χ0v) is 17.3. The highest BCUT2D eigenvalue weighted by Gasteiger charge is 2.19. The second-order valence-corrected chi connectivity index (χ2v) is 7.92. The molecule has 0 aliphatic rings. The monoisotopic (exact) mass is 420 g/mol. The highest BCUT2D eigenvalue weighted by molar-refractivity contribution is 7.82. The second kappa shape index (κ2) is 8.22. The molecule has 0 amide bonds. The number of ether oxygens (including phenoxy) is 1. The quantitative estimate of drug-likeness (QED) is 0.520. The highest BCUT2D eigenvalue weighted by Crippen LogP contribution is 2.32. The summed E-state index contributed by atoms with van der Waals surface area (Å²) in [4.78, 5) is 16.9. The van der Waals surface area contributed by atoms with Crippen LogP contribution in [0.2, 0.25) is 0 Å². The summed E-state index contributed by atoms with van der Waals surface area (Å²) in [6, 6.07) is 18.0. The van der Waals surface area contributed by atoms with E-state index in [9.17, 15) is 9.00 Å². The Balaban J connectivity index is 1.85. The number of hydrogen-bond acceptors (Lipinski definition) is 5. The van der Waals surface area contributed by atoms with Crippen LogP contribution in [0.25, 0.3) is 22.3 Å². The molecule has 0 spiro atoms. The van der Waals surface area contributed by atoms with Crippen molar-refractivity contribution < 1.29 is 13.4 Å². The maximum Gasteiger partial charge on any atom is 0.193 e. The summed E-state index contributed by atoms with van der Waals surface area (Å²) >= 11 is 0. The Morgan fingerprint density at radius 2 is 1.87 bits per heavy atom. The Hall–Kier alpha value is -3.29. The van der Waals surface area contributed by atoms with Gasteiger partial charge >= 0.3 is 0 Å². The molecule has 0 saturated carbocycles. The fourth-order valence-corrected chi connectivity index (χ4v) is 3.83. The minimum atomic E-state index is -1.79. The van der Waals surface area contributed by atoms with Crippen molar-refractivity contribution in [1.82, 2.24) is 4.98 Å². The molecule has 0 aliphatic carbocycles. The number of pyridine rings is 1. The summed E-state index contributed by atoms with van der Waals surface area (Å²) in [6.07, 6.45) is 0.998. The molecule has 2 aromatic carbocycles.